The van der Waals surface area contributed by atoms with Gasteiger partial charge in [-0.2, -0.15) is 0 Å². The lowest BCUT2D eigenvalue weighted by molar-refractivity contribution is 0.561. The molecule has 0 amide bonds. The molecule has 0 fully saturated rings. The van der Waals surface area contributed by atoms with Gasteiger partial charge in [0.15, 0.2) is 5.82 Å². The van der Waals surface area contributed by atoms with Gasteiger partial charge in [0.05, 0.1) is 29.3 Å². The van der Waals surface area contributed by atoms with Crippen molar-refractivity contribution in [1.29, 1.82) is 0 Å². The second-order valence-electron chi connectivity index (χ2n) is 17.2. The van der Waals surface area contributed by atoms with Crippen LogP contribution < -0.4 is 5.32 Å². The van der Waals surface area contributed by atoms with E-state index in [9.17, 15) is 0 Å². The molecule has 6 aromatic rings. The molecule has 3 atom stereocenters. The summed E-state index contributed by atoms with van der Waals surface area (Å²) in [6.07, 6.45) is 32.9. The zero-order valence-electron chi connectivity index (χ0n) is 34.7. The van der Waals surface area contributed by atoms with Gasteiger partial charge < -0.3 is 9.88 Å². The van der Waals surface area contributed by atoms with E-state index in [-0.39, 0.29) is 11.8 Å². The molecule has 1 N–H and O–H groups in total. The summed E-state index contributed by atoms with van der Waals surface area (Å²) in [5, 5.41) is 3.57. The molecule has 4 heterocycles. The maximum atomic E-state index is 5.62. The Hall–Kier alpha value is -7.11. The van der Waals surface area contributed by atoms with E-state index < -0.39 is 0 Å². The van der Waals surface area contributed by atoms with Crippen molar-refractivity contribution in [3.63, 3.8) is 0 Å². The van der Waals surface area contributed by atoms with Gasteiger partial charge >= 0.3 is 0 Å². The number of allylic oxidation sites excluding steroid dienone is 10. The highest BCUT2D eigenvalue weighted by Crippen LogP contribution is 2.55. The molecule has 4 aromatic carbocycles. The van der Waals surface area contributed by atoms with Crippen molar-refractivity contribution in [2.45, 2.75) is 51.0 Å². The summed E-state index contributed by atoms with van der Waals surface area (Å²) < 4.78 is 2.58. The number of benzene rings is 4. The summed E-state index contributed by atoms with van der Waals surface area (Å²) in [4.78, 5) is 16.0. The average Bonchev–Trinajstić information content (AvgIpc) is 3.87. The molecule has 2 aromatic heterocycles. The summed E-state index contributed by atoms with van der Waals surface area (Å²) in [6, 6.07) is 37.8. The van der Waals surface area contributed by atoms with Crippen LogP contribution in [0.15, 0.2) is 174 Å². The van der Waals surface area contributed by atoms with Crippen LogP contribution in [0.1, 0.15) is 71.9 Å². The van der Waals surface area contributed by atoms with Gasteiger partial charge in [-0.1, -0.05) is 151 Å². The quantitative estimate of drug-likeness (QED) is 0.175. The van der Waals surface area contributed by atoms with Gasteiger partial charge in [-0.15, -0.1) is 0 Å². The summed E-state index contributed by atoms with van der Waals surface area (Å²) in [5.74, 6) is 1.48. The van der Waals surface area contributed by atoms with Gasteiger partial charge in [0, 0.05) is 63.7 Å². The van der Waals surface area contributed by atoms with Gasteiger partial charge in [0.25, 0.3) is 0 Å². The van der Waals surface area contributed by atoms with Crippen molar-refractivity contribution in [2.75, 3.05) is 0 Å². The highest BCUT2D eigenvalue weighted by Gasteiger charge is 2.43. The second-order valence-corrected chi connectivity index (χ2v) is 17.2. The standard InChI is InChI=1S/C57H47N5/c1-4-16-37(17-5-1)40-25-14-27-47(54(40)55-46-24-11-10-22-42(46)43-30-32-58-35-49(43)55)50-34-51(61-57(60-50)39-20-8-3-9-21-39)48-28-15-26-41(38-18-6-2-7-19-38)56(48)62-52-29-13-12-23-44(52)45-31-33-59-36-53(45)62/h1-8,10,12,14-20,22-23,25-28,30-35,43,49,55,59H,9,11,13,21,24,29,36H2. The summed E-state index contributed by atoms with van der Waals surface area (Å²) in [5.41, 5.74) is 20.9. The van der Waals surface area contributed by atoms with E-state index in [1.165, 1.54) is 72.7 Å². The van der Waals surface area contributed by atoms with Crippen molar-refractivity contribution in [1.82, 2.24) is 19.9 Å². The Kier molecular flexibility index (Phi) is 9.13. The maximum absolute atomic E-state index is 5.62. The van der Waals surface area contributed by atoms with E-state index in [2.05, 4.69) is 180 Å². The number of aromatic nitrogens is 3. The predicted octanol–water partition coefficient (Wildman–Crippen LogP) is 13.3. The first-order chi connectivity index (χ1) is 30.8. The normalized spacial score (nSPS) is 20.4. The zero-order chi connectivity index (χ0) is 41.0. The van der Waals surface area contributed by atoms with Crippen molar-refractivity contribution < 1.29 is 0 Å². The van der Waals surface area contributed by atoms with Crippen LogP contribution in [-0.2, 0) is 13.0 Å². The van der Waals surface area contributed by atoms with Crippen molar-refractivity contribution in [3.05, 3.63) is 203 Å². The van der Waals surface area contributed by atoms with Crippen LogP contribution in [0.3, 0.4) is 0 Å². The first-order valence-corrected chi connectivity index (χ1v) is 22.4. The Morgan fingerprint density at radius 3 is 2.16 bits per heavy atom. The Labute approximate surface area is 363 Å². The van der Waals surface area contributed by atoms with Crippen molar-refractivity contribution in [2.24, 2.45) is 16.8 Å². The minimum Gasteiger partial charge on any atom is -0.385 e. The number of rotatable bonds is 7. The number of para-hydroxylation sites is 1. The molecule has 62 heavy (non-hydrogen) atoms. The molecular weight excluding hydrogens is 755 g/mol. The van der Waals surface area contributed by atoms with E-state index >= 15 is 0 Å². The van der Waals surface area contributed by atoms with Crippen molar-refractivity contribution >= 4 is 23.9 Å². The number of fused-ring (bicyclic) bond motifs is 5. The number of hydrogen-bond donors (Lipinski definition) is 1. The highest BCUT2D eigenvalue weighted by molar-refractivity contribution is 5.89. The topological polar surface area (TPSA) is 55.1 Å². The average molecular weight is 802 g/mol. The second kappa shape index (κ2) is 15.4. The molecule has 0 radical (unpaired) electrons. The van der Waals surface area contributed by atoms with Crippen LogP contribution in [0.5, 0.6) is 0 Å². The van der Waals surface area contributed by atoms with Crippen LogP contribution in [0.2, 0.25) is 0 Å². The minimum absolute atomic E-state index is 0.155. The summed E-state index contributed by atoms with van der Waals surface area (Å²) in [7, 11) is 0. The third-order valence-corrected chi connectivity index (χ3v) is 13.8. The fourth-order valence-electron chi connectivity index (χ4n) is 11.1. The summed E-state index contributed by atoms with van der Waals surface area (Å²) >= 11 is 0. The van der Waals surface area contributed by atoms with Gasteiger partial charge in [-0.05, 0) is 90.3 Å². The third-order valence-electron chi connectivity index (χ3n) is 13.8. The van der Waals surface area contributed by atoms with E-state index in [1.54, 1.807) is 0 Å². The molecule has 5 heteroatoms. The lowest BCUT2D eigenvalue weighted by Crippen LogP contribution is -2.20. The molecule has 12 rings (SSSR count). The van der Waals surface area contributed by atoms with E-state index in [0.29, 0.717) is 5.92 Å². The van der Waals surface area contributed by atoms with Gasteiger partial charge in [0.1, 0.15) is 0 Å². The fourth-order valence-corrected chi connectivity index (χ4v) is 11.1. The zero-order valence-corrected chi connectivity index (χ0v) is 34.7. The number of aliphatic imine (C=N–C) groups is 1. The Balaban J connectivity index is 1.15. The molecule has 3 unspecified atom stereocenters. The molecule has 4 aliphatic carbocycles. The molecule has 0 saturated carbocycles. The van der Waals surface area contributed by atoms with Crippen LogP contribution in [0.25, 0.3) is 68.2 Å². The van der Waals surface area contributed by atoms with Crippen LogP contribution in [0.4, 0.5) is 0 Å². The maximum Gasteiger partial charge on any atom is 0.156 e. The van der Waals surface area contributed by atoms with Gasteiger partial charge in [-0.25, -0.2) is 9.97 Å². The number of nitrogens with zero attached hydrogens (tertiary/aromatic N) is 4. The first kappa shape index (κ1) is 36.7. The summed E-state index contributed by atoms with van der Waals surface area (Å²) in [6.45, 7) is 0.749. The monoisotopic (exact) mass is 801 g/mol. The Morgan fingerprint density at radius 2 is 1.34 bits per heavy atom. The number of hydrogen-bond acceptors (Lipinski definition) is 4. The Morgan fingerprint density at radius 1 is 0.629 bits per heavy atom. The first-order valence-electron chi connectivity index (χ1n) is 22.4. The molecule has 6 aliphatic rings. The third kappa shape index (κ3) is 6.09. The smallest absolute Gasteiger partial charge is 0.156 e. The van der Waals surface area contributed by atoms with Crippen LogP contribution in [0, 0.1) is 11.8 Å². The van der Waals surface area contributed by atoms with Crippen molar-refractivity contribution in [3.8, 4) is 50.5 Å². The molecule has 0 bridgehead atoms. The largest absolute Gasteiger partial charge is 0.385 e. The molecule has 300 valence electrons. The van der Waals surface area contributed by atoms with E-state index in [0.717, 1.165) is 73.4 Å². The van der Waals surface area contributed by atoms with Gasteiger partial charge in [-0.3, -0.25) is 4.99 Å². The molecule has 0 spiro atoms. The fraction of sp³-hybridized carbons (Fsp3) is 0.175. The van der Waals surface area contributed by atoms with E-state index in [1.807, 2.05) is 6.20 Å². The molecule has 0 saturated heterocycles. The predicted molar refractivity (Wildman–Crippen MR) is 255 cm³/mol. The minimum atomic E-state index is 0.155. The lowest BCUT2D eigenvalue weighted by atomic mass is 9.75. The lowest BCUT2D eigenvalue weighted by Gasteiger charge is -2.29. The SMILES string of the molecule is C1=CCCC(c2nc(-c3cccc(-c4ccccc4)c3C3C4=C(C=CCC4)C4C=CN=CC43)cc(-c3cccc(-c4ccccc4)c3-n3c4c(c5c3CNC=C5)C=CCC4)n2)=C1. The highest BCUT2D eigenvalue weighted by atomic mass is 15.1. The molecule has 2 aliphatic heterocycles. The molecular formula is C57H47N5. The van der Waals surface area contributed by atoms with Gasteiger partial charge in [0.2, 0.25) is 0 Å². The Bertz CT molecular complexity index is 2980. The van der Waals surface area contributed by atoms with Crippen LogP contribution in [-0.4, -0.2) is 20.7 Å². The van der Waals surface area contributed by atoms with E-state index in [4.69, 9.17) is 15.0 Å². The van der Waals surface area contributed by atoms with Crippen LogP contribution >= 0.6 is 0 Å². The molecule has 5 nitrogen and oxygen atoms in total. The number of nitrogens with one attached hydrogen (secondary N) is 1.